The van der Waals surface area contributed by atoms with Gasteiger partial charge >= 0.3 is 12.1 Å². The Hall–Kier alpha value is -1.80. The lowest BCUT2D eigenvalue weighted by Gasteiger charge is -2.44. The SMILES string of the molecule is O=C(ON1CCOC(c2ccc(S(=O)(=O)N3CCCC4(CCNCC4)C3)cn2)C1)C(F)(F)F. The van der Waals surface area contributed by atoms with Gasteiger partial charge in [-0.3, -0.25) is 4.98 Å². The minimum Gasteiger partial charge on any atom is -0.369 e. The van der Waals surface area contributed by atoms with E-state index in [9.17, 15) is 26.4 Å². The third kappa shape index (κ3) is 5.48. The van der Waals surface area contributed by atoms with Gasteiger partial charge in [-0.05, 0) is 56.3 Å². The number of sulfonamides is 1. The molecule has 0 radical (unpaired) electrons. The first-order chi connectivity index (χ1) is 15.6. The van der Waals surface area contributed by atoms with Crippen LogP contribution in [0.2, 0.25) is 0 Å². The van der Waals surface area contributed by atoms with E-state index in [1.54, 1.807) is 0 Å². The van der Waals surface area contributed by atoms with E-state index in [-0.39, 0.29) is 30.0 Å². The molecule has 9 nitrogen and oxygen atoms in total. The Balaban J connectivity index is 1.42. The van der Waals surface area contributed by atoms with Crippen molar-refractivity contribution in [2.75, 3.05) is 45.9 Å². The third-order valence-corrected chi connectivity index (χ3v) is 8.32. The summed E-state index contributed by atoms with van der Waals surface area (Å²) < 4.78 is 70.9. The highest BCUT2D eigenvalue weighted by atomic mass is 32.2. The Labute approximate surface area is 190 Å². The summed E-state index contributed by atoms with van der Waals surface area (Å²) in [6.45, 7) is 2.60. The molecular formula is C20H27F3N4O5S. The summed E-state index contributed by atoms with van der Waals surface area (Å²) in [4.78, 5) is 19.7. The fourth-order valence-electron chi connectivity index (χ4n) is 4.67. The molecule has 1 atom stereocenters. The normalized spacial score (nSPS) is 25.1. The Morgan fingerprint density at radius 3 is 2.64 bits per heavy atom. The first-order valence-corrected chi connectivity index (χ1v) is 12.4. The zero-order valence-electron chi connectivity index (χ0n) is 18.0. The van der Waals surface area contributed by atoms with Crippen LogP contribution >= 0.6 is 0 Å². The predicted molar refractivity (Wildman–Crippen MR) is 109 cm³/mol. The maximum atomic E-state index is 13.2. The zero-order valence-corrected chi connectivity index (χ0v) is 18.8. The van der Waals surface area contributed by atoms with Crippen molar-refractivity contribution in [1.82, 2.24) is 19.7 Å². The molecular weight excluding hydrogens is 465 g/mol. The van der Waals surface area contributed by atoms with Gasteiger partial charge in [0, 0.05) is 19.3 Å². The highest BCUT2D eigenvalue weighted by molar-refractivity contribution is 7.89. The molecule has 1 aromatic rings. The smallest absolute Gasteiger partial charge is 0.369 e. The molecule has 3 aliphatic heterocycles. The van der Waals surface area contributed by atoms with E-state index in [4.69, 9.17) is 4.74 Å². The summed E-state index contributed by atoms with van der Waals surface area (Å²) in [5.74, 6) is -2.30. The van der Waals surface area contributed by atoms with Gasteiger partial charge in [0.25, 0.3) is 0 Å². The molecule has 1 spiro atoms. The Bertz CT molecular complexity index is 946. The number of ether oxygens (including phenoxy) is 1. The molecule has 3 saturated heterocycles. The van der Waals surface area contributed by atoms with Gasteiger partial charge in [-0.1, -0.05) is 0 Å². The van der Waals surface area contributed by atoms with E-state index in [1.807, 2.05) is 0 Å². The topological polar surface area (TPSA) is 101 Å². The van der Waals surface area contributed by atoms with E-state index in [0.717, 1.165) is 43.8 Å². The van der Waals surface area contributed by atoms with E-state index < -0.39 is 28.3 Å². The lowest BCUT2D eigenvalue weighted by Crippen LogP contribution is -2.50. The van der Waals surface area contributed by atoms with E-state index in [2.05, 4.69) is 15.1 Å². The number of carbonyl (C=O) groups is 1. The van der Waals surface area contributed by atoms with Crippen molar-refractivity contribution in [2.24, 2.45) is 5.41 Å². The third-order valence-electron chi connectivity index (χ3n) is 6.49. The molecule has 33 heavy (non-hydrogen) atoms. The van der Waals surface area contributed by atoms with Gasteiger partial charge in [0.15, 0.2) is 0 Å². The second kappa shape index (κ2) is 9.45. The number of pyridine rings is 1. The number of hydrogen-bond acceptors (Lipinski definition) is 8. The van der Waals surface area contributed by atoms with Gasteiger partial charge < -0.3 is 14.9 Å². The molecule has 0 saturated carbocycles. The highest BCUT2D eigenvalue weighted by Gasteiger charge is 2.43. The number of aromatic nitrogens is 1. The van der Waals surface area contributed by atoms with Crippen LogP contribution in [0.3, 0.4) is 0 Å². The van der Waals surface area contributed by atoms with Crippen LogP contribution in [-0.4, -0.2) is 80.8 Å². The van der Waals surface area contributed by atoms with Gasteiger partial charge in [-0.2, -0.15) is 17.5 Å². The summed E-state index contributed by atoms with van der Waals surface area (Å²) in [5, 5.41) is 4.20. The van der Waals surface area contributed by atoms with Crippen molar-refractivity contribution in [2.45, 2.75) is 42.9 Å². The maximum absolute atomic E-state index is 13.2. The van der Waals surface area contributed by atoms with Gasteiger partial charge in [-0.15, -0.1) is 5.06 Å². The van der Waals surface area contributed by atoms with Crippen molar-refractivity contribution in [3.05, 3.63) is 24.0 Å². The van der Waals surface area contributed by atoms with Crippen molar-refractivity contribution in [3.8, 4) is 0 Å². The van der Waals surface area contributed by atoms with Crippen LogP contribution in [0.25, 0.3) is 0 Å². The van der Waals surface area contributed by atoms with E-state index in [1.165, 1.54) is 22.6 Å². The monoisotopic (exact) mass is 492 g/mol. The number of nitrogens with one attached hydrogen (secondary N) is 1. The number of nitrogens with zero attached hydrogens (tertiary/aromatic N) is 3. The lowest BCUT2D eigenvalue weighted by atomic mass is 9.73. The molecule has 4 heterocycles. The van der Waals surface area contributed by atoms with Crippen molar-refractivity contribution >= 4 is 16.0 Å². The number of carbonyl (C=O) groups excluding carboxylic acids is 1. The number of hydroxylamine groups is 2. The average Bonchev–Trinajstić information content (AvgIpc) is 2.79. The highest BCUT2D eigenvalue weighted by Crippen LogP contribution is 2.39. The van der Waals surface area contributed by atoms with Crippen molar-refractivity contribution in [3.63, 3.8) is 0 Å². The molecule has 0 amide bonds. The summed E-state index contributed by atoms with van der Waals surface area (Å²) in [7, 11) is -3.72. The number of morpholine rings is 1. The molecule has 13 heteroatoms. The number of halogens is 3. The Morgan fingerprint density at radius 2 is 1.97 bits per heavy atom. The van der Waals surface area contributed by atoms with Crippen LogP contribution in [0.15, 0.2) is 23.2 Å². The van der Waals surface area contributed by atoms with Gasteiger partial charge in [0.1, 0.15) is 11.0 Å². The lowest BCUT2D eigenvalue weighted by molar-refractivity contribution is -0.253. The molecule has 3 aliphatic rings. The predicted octanol–water partition coefficient (Wildman–Crippen LogP) is 1.63. The van der Waals surface area contributed by atoms with Crippen LogP contribution in [0.4, 0.5) is 13.2 Å². The average molecular weight is 493 g/mol. The molecule has 3 fully saturated rings. The fraction of sp³-hybridized carbons (Fsp3) is 0.700. The standard InChI is InChI=1S/C20H27F3N4O5S/c21-20(22,23)18(28)32-26-10-11-31-17(13-26)16-3-2-15(12-25-16)33(29,30)27-9-1-4-19(14-27)5-7-24-8-6-19/h2-3,12,17,24H,1,4-11,13-14H2. The first kappa shape index (κ1) is 24.3. The molecule has 184 valence electrons. The minimum absolute atomic E-state index is 0.0111. The second-order valence-corrected chi connectivity index (χ2v) is 10.7. The van der Waals surface area contributed by atoms with Crippen LogP contribution in [0, 0.1) is 5.41 Å². The number of rotatable bonds is 4. The summed E-state index contributed by atoms with van der Waals surface area (Å²) >= 11 is 0. The van der Waals surface area contributed by atoms with Crippen LogP contribution in [-0.2, 0) is 24.4 Å². The van der Waals surface area contributed by atoms with Crippen LogP contribution in [0.5, 0.6) is 0 Å². The number of alkyl halides is 3. The molecule has 0 aliphatic carbocycles. The quantitative estimate of drug-likeness (QED) is 0.677. The number of hydrogen-bond donors (Lipinski definition) is 1. The first-order valence-electron chi connectivity index (χ1n) is 10.9. The minimum atomic E-state index is -5.09. The molecule has 1 aromatic heterocycles. The second-order valence-electron chi connectivity index (χ2n) is 8.73. The fourth-order valence-corrected chi connectivity index (χ4v) is 6.21. The largest absolute Gasteiger partial charge is 0.492 e. The number of piperidine rings is 2. The van der Waals surface area contributed by atoms with E-state index in [0.29, 0.717) is 18.8 Å². The molecule has 4 rings (SSSR count). The van der Waals surface area contributed by atoms with Crippen molar-refractivity contribution in [1.29, 1.82) is 0 Å². The summed E-state index contributed by atoms with van der Waals surface area (Å²) in [6.07, 6.45) is -0.874. The van der Waals surface area contributed by atoms with Gasteiger partial charge in [-0.25, -0.2) is 13.2 Å². The van der Waals surface area contributed by atoms with Crippen LogP contribution in [0.1, 0.15) is 37.5 Å². The summed E-state index contributed by atoms with van der Waals surface area (Å²) in [6, 6.07) is 2.92. The molecule has 1 unspecified atom stereocenters. The molecule has 0 bridgehead atoms. The van der Waals surface area contributed by atoms with Gasteiger partial charge in [0.2, 0.25) is 10.0 Å². The summed E-state index contributed by atoms with van der Waals surface area (Å²) in [5.41, 5.74) is 0.354. The van der Waals surface area contributed by atoms with Crippen LogP contribution < -0.4 is 5.32 Å². The van der Waals surface area contributed by atoms with Gasteiger partial charge in [0.05, 0.1) is 25.4 Å². The van der Waals surface area contributed by atoms with E-state index >= 15 is 0 Å². The van der Waals surface area contributed by atoms with Crippen molar-refractivity contribution < 1.29 is 36.0 Å². The Kier molecular flexibility index (Phi) is 6.97. The molecule has 0 aromatic carbocycles. The Morgan fingerprint density at radius 1 is 1.21 bits per heavy atom. The zero-order chi connectivity index (χ0) is 23.7. The maximum Gasteiger partial charge on any atom is 0.492 e. The molecule has 1 N–H and O–H groups in total.